The number of halogens is 6. The van der Waals surface area contributed by atoms with E-state index in [0.29, 0.717) is 77.2 Å². The van der Waals surface area contributed by atoms with Gasteiger partial charge in [0.15, 0.2) is 17.4 Å². The number of hydrogen-bond donors (Lipinski definition) is 2. The second-order valence-electron chi connectivity index (χ2n) is 22.4. The van der Waals surface area contributed by atoms with Crippen molar-refractivity contribution in [2.45, 2.75) is 87.7 Å². The number of nitrogens with zero attached hydrogens (tertiary/aromatic N) is 11. The van der Waals surface area contributed by atoms with E-state index in [1.807, 2.05) is 36.4 Å². The molecule has 4 fully saturated rings. The number of anilines is 4. The number of fused-ring (bicyclic) bond motifs is 2. The van der Waals surface area contributed by atoms with Gasteiger partial charge < -0.3 is 20.1 Å². The molecule has 22 heteroatoms. The fraction of sp³-hybridized carbons (Fsp3) is 0.308. The maximum atomic E-state index is 13.7. The van der Waals surface area contributed by atoms with Crippen LogP contribution in [0.15, 0.2) is 146 Å². The van der Waals surface area contributed by atoms with Crippen molar-refractivity contribution in [3.8, 4) is 0 Å². The lowest BCUT2D eigenvalue weighted by atomic mass is 9.89. The van der Waals surface area contributed by atoms with Crippen LogP contribution in [0.3, 0.4) is 0 Å². The van der Waals surface area contributed by atoms with Crippen molar-refractivity contribution in [1.82, 2.24) is 55.3 Å². The van der Waals surface area contributed by atoms with Gasteiger partial charge in [-0.3, -0.25) is 9.69 Å². The average Bonchev–Trinajstić information content (AvgIpc) is 3.09. The molecule has 2 N–H and O–H groups in total. The Morgan fingerprint density at radius 2 is 0.989 bits per heavy atom. The highest BCUT2D eigenvalue weighted by Crippen LogP contribution is 2.36. The molecule has 16 nitrogen and oxygen atoms in total. The first-order chi connectivity index (χ1) is 42.4. The summed E-state index contributed by atoms with van der Waals surface area (Å²) in [5.41, 5.74) is 7.58. The molecular weight excluding hydrogens is 1190 g/mol. The summed E-state index contributed by atoms with van der Waals surface area (Å²) in [5, 5.41) is 47.0. The maximum Gasteiger partial charge on any atom is 0.184 e. The van der Waals surface area contributed by atoms with Crippen LogP contribution in [-0.2, 0) is 27.1 Å². The third kappa shape index (κ3) is 14.7. The van der Waals surface area contributed by atoms with Gasteiger partial charge in [0.1, 0.15) is 24.8 Å². The minimum absolute atomic E-state index is 0.000770. The molecule has 4 aromatic heterocycles. The predicted molar refractivity (Wildman–Crippen MR) is 335 cm³/mol. The molecule has 0 amide bonds. The number of hydrogen-bond acceptors (Lipinski definition) is 14. The lowest BCUT2D eigenvalue weighted by Crippen LogP contribution is -2.51. The Morgan fingerprint density at radius 1 is 0.529 bits per heavy atom. The number of ketones is 1. The largest absolute Gasteiger partial charge is 0.378 e. The third-order valence-corrected chi connectivity index (χ3v) is 17.6. The van der Waals surface area contributed by atoms with E-state index in [9.17, 15) is 13.6 Å². The van der Waals surface area contributed by atoms with E-state index in [4.69, 9.17) is 51.1 Å². The molecule has 3 aliphatic heterocycles. The number of aromatic nitrogens is 10. The summed E-state index contributed by atoms with van der Waals surface area (Å²) in [6, 6.07) is 38.7. The summed E-state index contributed by atoms with van der Waals surface area (Å²) < 4.78 is 41.4. The Kier molecular flexibility index (Phi) is 19.0. The number of benzene rings is 6. The molecule has 0 bridgehead atoms. The molecular formula is C65H61Cl4F2N13O3. The molecule has 7 heterocycles. The van der Waals surface area contributed by atoms with E-state index < -0.39 is 11.6 Å². The third-order valence-electron chi connectivity index (χ3n) is 16.5. The van der Waals surface area contributed by atoms with Gasteiger partial charge in [-0.25, -0.2) is 18.1 Å². The fourth-order valence-electron chi connectivity index (χ4n) is 11.5. The average molecular weight is 1250 g/mol. The van der Waals surface area contributed by atoms with Crippen LogP contribution in [0.5, 0.6) is 0 Å². The molecule has 0 unspecified atom stereocenters. The van der Waals surface area contributed by atoms with Crippen LogP contribution in [-0.4, -0.2) is 107 Å². The van der Waals surface area contributed by atoms with Gasteiger partial charge in [-0.2, -0.15) is 10.2 Å². The van der Waals surface area contributed by atoms with Gasteiger partial charge in [0.2, 0.25) is 0 Å². The van der Waals surface area contributed by atoms with E-state index in [-0.39, 0.29) is 27.7 Å². The lowest BCUT2D eigenvalue weighted by Gasteiger charge is -2.41. The maximum absolute atomic E-state index is 13.7. The monoisotopic (exact) mass is 1250 g/mol. The van der Waals surface area contributed by atoms with Crippen molar-refractivity contribution >= 4 is 96.7 Å². The number of Topliss-reactive ketones (excluding diaryl/α,β-unsaturated/α-hetero) is 1. The minimum Gasteiger partial charge on any atom is -0.378 e. The van der Waals surface area contributed by atoms with Gasteiger partial charge in [-0.05, 0) is 134 Å². The number of likely N-dealkylation sites (tertiary alicyclic amines) is 1. The molecule has 14 rings (SSSR count). The fourth-order valence-corrected chi connectivity index (χ4v) is 12.1. The number of nitrogens with one attached hydrogen (secondary N) is 2. The van der Waals surface area contributed by atoms with Crippen molar-refractivity contribution < 1.29 is 23.0 Å². The molecule has 446 valence electrons. The predicted octanol–water partition coefficient (Wildman–Crippen LogP) is 14.7. The minimum atomic E-state index is -0.474. The second-order valence-corrected chi connectivity index (χ2v) is 24.1. The first-order valence-corrected chi connectivity index (χ1v) is 30.6. The van der Waals surface area contributed by atoms with E-state index in [1.54, 1.807) is 24.5 Å². The van der Waals surface area contributed by atoms with Gasteiger partial charge in [0.25, 0.3) is 0 Å². The molecule has 4 aliphatic rings. The molecule has 1 aliphatic carbocycles. The van der Waals surface area contributed by atoms with Gasteiger partial charge >= 0.3 is 0 Å². The van der Waals surface area contributed by atoms with E-state index in [0.717, 1.165) is 107 Å². The normalized spacial score (nSPS) is 16.5. The molecule has 6 aromatic carbocycles. The number of carbonyl (C=O) groups is 1. The summed E-state index contributed by atoms with van der Waals surface area (Å²) in [5.74, 6) is 0.376. The van der Waals surface area contributed by atoms with Crippen molar-refractivity contribution in [1.29, 1.82) is 0 Å². The second kappa shape index (κ2) is 27.7. The molecule has 3 saturated heterocycles. The van der Waals surface area contributed by atoms with Crippen molar-refractivity contribution in [3.05, 3.63) is 211 Å². The summed E-state index contributed by atoms with van der Waals surface area (Å²) in [4.78, 5) is 12.3. The Bertz CT molecular complexity index is 4000. The highest BCUT2D eigenvalue weighted by atomic mass is 35.5. The summed E-state index contributed by atoms with van der Waals surface area (Å²) in [7, 11) is 0. The first-order valence-electron chi connectivity index (χ1n) is 29.1. The molecule has 1 saturated carbocycles. The van der Waals surface area contributed by atoms with Gasteiger partial charge in [0, 0.05) is 80.3 Å². The first kappa shape index (κ1) is 59.8. The van der Waals surface area contributed by atoms with Crippen molar-refractivity contribution in [2.24, 2.45) is 0 Å². The van der Waals surface area contributed by atoms with Crippen LogP contribution in [0, 0.1) is 11.6 Å². The van der Waals surface area contributed by atoms with Gasteiger partial charge in [-0.15, -0.1) is 20.4 Å². The van der Waals surface area contributed by atoms with Crippen LogP contribution in [0.25, 0.3) is 21.5 Å². The van der Waals surface area contributed by atoms with Crippen LogP contribution >= 0.6 is 46.4 Å². The topological polar surface area (TPSA) is 176 Å². The van der Waals surface area contributed by atoms with Crippen LogP contribution in [0.1, 0.15) is 103 Å². The Balaban J connectivity index is 0.000000158. The highest BCUT2D eigenvalue weighted by molar-refractivity contribution is 6.31. The Hall–Kier alpha value is -7.55. The number of carbonyl (C=O) groups excluding carboxylic acids is 1. The van der Waals surface area contributed by atoms with E-state index >= 15 is 0 Å². The smallest absolute Gasteiger partial charge is 0.184 e. The molecule has 87 heavy (non-hydrogen) atoms. The van der Waals surface area contributed by atoms with Gasteiger partial charge in [0.05, 0.1) is 65.2 Å². The standard InChI is InChI=1S/C32H30Cl2FN7O.C30H27Cl2FN6.C3H4O2/c33-23-5-3-21(4-6-23)27(31-17-42(40-38-31)25-9-11-41(12-10-25)26-18-43-19-26)13-20-1-2-22-16-36-39-32(28(22)14-20)37-24-7-8-30(35)29(34)15-24;31-22-10-8-20(9-11-22)25(29-18-39(38-36-29)24-4-2-1-3-5-24)14-19-6-7-21-17-34-37-30(26(21)15-19)35-23-12-13-28(33)27(32)16-23;4-3-1-5-2-3/h1-8,14-17,25-27H,9-13,18-19H2,(H,37,39);6-13,15-18,24-25H,1-5,14H2,(H,35,37);1-2H2/t27-;25-;/m00./s1. The number of piperidine rings is 1. The van der Waals surface area contributed by atoms with Crippen molar-refractivity contribution in [2.75, 3.05) is 50.2 Å². The summed E-state index contributed by atoms with van der Waals surface area (Å²) in [6.45, 7) is 4.49. The quantitative estimate of drug-likeness (QED) is 0.0991. The lowest BCUT2D eigenvalue weighted by molar-refractivity contribution is -0.140. The van der Waals surface area contributed by atoms with Crippen LogP contribution in [0.2, 0.25) is 20.1 Å². The van der Waals surface area contributed by atoms with E-state index in [1.165, 1.54) is 43.5 Å². The van der Waals surface area contributed by atoms with Crippen LogP contribution < -0.4 is 10.6 Å². The molecule has 0 radical (unpaired) electrons. The highest BCUT2D eigenvalue weighted by Gasteiger charge is 2.31. The molecule has 2 atom stereocenters. The van der Waals surface area contributed by atoms with E-state index in [2.05, 4.69) is 132 Å². The number of ether oxygens (including phenoxy) is 2. The molecule has 0 spiro atoms. The van der Waals surface area contributed by atoms with Gasteiger partial charge in [-0.1, -0.05) is 125 Å². The zero-order valence-electron chi connectivity index (χ0n) is 47.3. The summed E-state index contributed by atoms with van der Waals surface area (Å²) >= 11 is 24.5. The number of rotatable bonds is 15. The molecule has 10 aromatic rings. The SMILES string of the molecule is Fc1ccc(Nc2nncc3ccc(C[C@@H](c4ccc(Cl)cc4)c4cn(C5CCCCC5)nn4)cc23)cc1Cl.Fc1ccc(Nc2nncc3ccc(C[C@@H](c4ccc(Cl)cc4)c4cn(C5CCN(C6COC6)CC5)nn4)cc23)cc1Cl.O=C1COC1. The zero-order chi connectivity index (χ0) is 59.8. The zero-order valence-corrected chi connectivity index (χ0v) is 50.3. The van der Waals surface area contributed by atoms with Crippen LogP contribution in [0.4, 0.5) is 31.8 Å². The summed E-state index contributed by atoms with van der Waals surface area (Å²) in [6.07, 6.45) is 17.3. The van der Waals surface area contributed by atoms with Crippen molar-refractivity contribution in [3.63, 3.8) is 0 Å². The Labute approximate surface area is 521 Å². The Morgan fingerprint density at radius 3 is 1.40 bits per heavy atom.